The first kappa shape index (κ1) is 13.4. The molecule has 0 radical (unpaired) electrons. The number of rotatable bonds is 4. The number of carbonyl (C=O) groups excluding carboxylic acids is 1. The molecule has 1 aromatic rings. The van der Waals surface area contributed by atoms with E-state index in [9.17, 15) is 22.4 Å². The van der Waals surface area contributed by atoms with E-state index in [1.54, 1.807) is 0 Å². The molecule has 8 heteroatoms. The molecular formula is C9H9F4N3O. The molecule has 17 heavy (non-hydrogen) atoms. The van der Waals surface area contributed by atoms with Crippen molar-refractivity contribution in [3.8, 4) is 0 Å². The Morgan fingerprint density at radius 3 is 2.59 bits per heavy atom. The van der Waals surface area contributed by atoms with Crippen LogP contribution in [-0.4, -0.2) is 30.2 Å². The highest BCUT2D eigenvalue weighted by atomic mass is 19.4. The van der Waals surface area contributed by atoms with Gasteiger partial charge in [-0.05, 0) is 12.1 Å². The zero-order valence-electron chi connectivity index (χ0n) is 8.51. The van der Waals surface area contributed by atoms with E-state index in [-0.39, 0.29) is 5.69 Å². The summed E-state index contributed by atoms with van der Waals surface area (Å²) >= 11 is 0. The van der Waals surface area contributed by atoms with Crippen molar-refractivity contribution in [2.45, 2.75) is 6.18 Å². The largest absolute Gasteiger partial charge is 0.401 e. The molecule has 4 nitrogen and oxygen atoms in total. The van der Waals surface area contributed by atoms with Crippen molar-refractivity contribution >= 4 is 11.6 Å². The fraction of sp³-hybridized carbons (Fsp3) is 0.333. The van der Waals surface area contributed by atoms with Crippen LogP contribution in [0.1, 0.15) is 0 Å². The molecule has 0 saturated heterocycles. The first-order valence-electron chi connectivity index (χ1n) is 4.56. The van der Waals surface area contributed by atoms with E-state index in [1.807, 2.05) is 5.32 Å². The standard InChI is InChI=1S/C9H9F4N3O/c10-7-2-1-6(3-15-7)16-8(17)4-14-5-9(11,12)13/h1-3,14H,4-5H2,(H,16,17). The van der Waals surface area contributed by atoms with E-state index in [4.69, 9.17) is 0 Å². The number of halogens is 4. The highest BCUT2D eigenvalue weighted by Crippen LogP contribution is 2.12. The minimum absolute atomic E-state index is 0.213. The van der Waals surface area contributed by atoms with E-state index >= 15 is 0 Å². The summed E-state index contributed by atoms with van der Waals surface area (Å²) in [5.74, 6) is -1.37. The summed E-state index contributed by atoms with van der Waals surface area (Å²) in [7, 11) is 0. The van der Waals surface area contributed by atoms with Crippen molar-refractivity contribution in [3.63, 3.8) is 0 Å². The third-order valence-electron chi connectivity index (χ3n) is 1.62. The second-order valence-corrected chi connectivity index (χ2v) is 3.14. The molecule has 0 saturated carbocycles. The van der Waals surface area contributed by atoms with Gasteiger partial charge in [-0.3, -0.25) is 4.79 Å². The molecule has 0 aliphatic rings. The van der Waals surface area contributed by atoms with Crippen LogP contribution in [0.3, 0.4) is 0 Å². The van der Waals surface area contributed by atoms with Gasteiger partial charge < -0.3 is 10.6 Å². The molecule has 0 aliphatic heterocycles. The summed E-state index contributed by atoms with van der Waals surface area (Å²) in [5, 5.41) is 4.18. The van der Waals surface area contributed by atoms with Crippen LogP contribution in [0.25, 0.3) is 0 Å². The Morgan fingerprint density at radius 2 is 2.06 bits per heavy atom. The van der Waals surface area contributed by atoms with Crippen LogP contribution in [0, 0.1) is 5.95 Å². The second kappa shape index (κ2) is 5.58. The lowest BCUT2D eigenvalue weighted by molar-refractivity contribution is -0.126. The summed E-state index contributed by atoms with van der Waals surface area (Å²) in [4.78, 5) is 14.4. The minimum Gasteiger partial charge on any atom is -0.324 e. The van der Waals surface area contributed by atoms with Gasteiger partial charge >= 0.3 is 6.18 Å². The monoisotopic (exact) mass is 251 g/mol. The number of carbonyl (C=O) groups is 1. The normalized spacial score (nSPS) is 11.3. The van der Waals surface area contributed by atoms with Crippen LogP contribution in [0.15, 0.2) is 18.3 Å². The first-order valence-corrected chi connectivity index (χ1v) is 4.56. The number of aromatic nitrogens is 1. The minimum atomic E-state index is -4.36. The Kier molecular flexibility index (Phi) is 4.38. The van der Waals surface area contributed by atoms with Gasteiger partial charge in [0, 0.05) is 0 Å². The Balaban J connectivity index is 2.32. The van der Waals surface area contributed by atoms with Crippen molar-refractivity contribution in [1.82, 2.24) is 10.3 Å². The summed E-state index contributed by atoms with van der Waals surface area (Å²) < 4.78 is 47.6. The zero-order valence-corrected chi connectivity index (χ0v) is 8.51. The number of hydrogen-bond acceptors (Lipinski definition) is 3. The topological polar surface area (TPSA) is 54.0 Å². The number of nitrogens with one attached hydrogen (secondary N) is 2. The predicted molar refractivity (Wildman–Crippen MR) is 51.7 cm³/mol. The fourth-order valence-corrected chi connectivity index (χ4v) is 0.973. The quantitative estimate of drug-likeness (QED) is 0.626. The lowest BCUT2D eigenvalue weighted by Gasteiger charge is -2.08. The smallest absolute Gasteiger partial charge is 0.324 e. The number of alkyl halides is 3. The average molecular weight is 251 g/mol. The average Bonchev–Trinajstić information content (AvgIpc) is 2.19. The van der Waals surface area contributed by atoms with Gasteiger partial charge in [0.15, 0.2) is 0 Å². The Morgan fingerprint density at radius 1 is 1.35 bits per heavy atom. The second-order valence-electron chi connectivity index (χ2n) is 3.14. The fourth-order valence-electron chi connectivity index (χ4n) is 0.973. The molecule has 0 bridgehead atoms. The van der Waals surface area contributed by atoms with Crippen LogP contribution in [0.4, 0.5) is 23.2 Å². The van der Waals surface area contributed by atoms with Crippen LogP contribution < -0.4 is 10.6 Å². The molecule has 1 aromatic heterocycles. The van der Waals surface area contributed by atoms with Gasteiger partial charge in [0.05, 0.1) is 25.0 Å². The van der Waals surface area contributed by atoms with E-state index in [0.29, 0.717) is 0 Å². The lowest BCUT2D eigenvalue weighted by Crippen LogP contribution is -2.35. The molecule has 1 rings (SSSR count). The van der Waals surface area contributed by atoms with Crippen LogP contribution in [0.2, 0.25) is 0 Å². The Labute approximate surface area is 94.0 Å². The number of pyridine rings is 1. The van der Waals surface area contributed by atoms with Gasteiger partial charge in [-0.1, -0.05) is 0 Å². The van der Waals surface area contributed by atoms with E-state index in [1.165, 1.54) is 6.07 Å². The van der Waals surface area contributed by atoms with Crippen molar-refractivity contribution in [1.29, 1.82) is 0 Å². The van der Waals surface area contributed by atoms with Gasteiger partial charge in [-0.15, -0.1) is 0 Å². The number of anilines is 1. The van der Waals surface area contributed by atoms with Gasteiger partial charge in [0.25, 0.3) is 0 Å². The third kappa shape index (κ3) is 5.81. The van der Waals surface area contributed by atoms with Crippen molar-refractivity contribution < 1.29 is 22.4 Å². The maximum absolute atomic E-state index is 12.4. The molecule has 1 heterocycles. The molecule has 0 aliphatic carbocycles. The van der Waals surface area contributed by atoms with Crippen LogP contribution in [0.5, 0.6) is 0 Å². The van der Waals surface area contributed by atoms with E-state index in [2.05, 4.69) is 10.3 Å². The van der Waals surface area contributed by atoms with Gasteiger partial charge in [0.1, 0.15) is 0 Å². The third-order valence-corrected chi connectivity index (χ3v) is 1.62. The highest BCUT2D eigenvalue weighted by molar-refractivity contribution is 5.91. The Bertz CT molecular complexity index is 377. The maximum Gasteiger partial charge on any atom is 0.401 e. The van der Waals surface area contributed by atoms with Gasteiger partial charge in [0.2, 0.25) is 11.9 Å². The predicted octanol–water partition coefficient (Wildman–Crippen LogP) is 1.31. The van der Waals surface area contributed by atoms with Gasteiger partial charge in [-0.2, -0.15) is 17.6 Å². The number of hydrogen-bond donors (Lipinski definition) is 2. The number of nitrogens with zero attached hydrogens (tertiary/aromatic N) is 1. The SMILES string of the molecule is O=C(CNCC(F)(F)F)Nc1ccc(F)nc1. The summed E-state index contributed by atoms with van der Waals surface area (Å²) in [6.07, 6.45) is -3.30. The van der Waals surface area contributed by atoms with E-state index in [0.717, 1.165) is 12.3 Å². The molecule has 0 fully saturated rings. The van der Waals surface area contributed by atoms with Gasteiger partial charge in [-0.25, -0.2) is 4.98 Å². The Hall–Kier alpha value is -1.70. The first-order chi connectivity index (χ1) is 7.87. The molecular weight excluding hydrogens is 242 g/mol. The molecule has 0 spiro atoms. The summed E-state index contributed by atoms with van der Waals surface area (Å²) in [6, 6.07) is 2.28. The summed E-state index contributed by atoms with van der Waals surface area (Å²) in [5.41, 5.74) is 0.213. The van der Waals surface area contributed by atoms with E-state index < -0.39 is 31.1 Å². The number of amides is 1. The molecule has 2 N–H and O–H groups in total. The molecule has 94 valence electrons. The zero-order chi connectivity index (χ0) is 12.9. The van der Waals surface area contributed by atoms with Crippen LogP contribution in [-0.2, 0) is 4.79 Å². The van der Waals surface area contributed by atoms with Crippen molar-refractivity contribution in [2.75, 3.05) is 18.4 Å². The lowest BCUT2D eigenvalue weighted by atomic mass is 10.4. The molecule has 1 amide bonds. The highest BCUT2D eigenvalue weighted by Gasteiger charge is 2.26. The molecule has 0 unspecified atom stereocenters. The van der Waals surface area contributed by atoms with Crippen molar-refractivity contribution in [2.24, 2.45) is 0 Å². The maximum atomic E-state index is 12.4. The van der Waals surface area contributed by atoms with Crippen molar-refractivity contribution in [3.05, 3.63) is 24.3 Å². The summed E-state index contributed by atoms with van der Waals surface area (Å²) in [6.45, 7) is -1.74. The molecule has 0 atom stereocenters. The molecule has 0 aromatic carbocycles. The van der Waals surface area contributed by atoms with Crippen LogP contribution >= 0.6 is 0 Å².